The number of carbonyl (C=O) groups excluding carboxylic acids is 1. The fourth-order valence-electron chi connectivity index (χ4n) is 1.46. The summed E-state index contributed by atoms with van der Waals surface area (Å²) in [4.78, 5) is 15.6. The molecule has 2 aromatic heterocycles. The Labute approximate surface area is 86.1 Å². The van der Waals surface area contributed by atoms with Gasteiger partial charge in [-0.15, -0.1) is 0 Å². The second kappa shape index (κ2) is 3.05. The lowest BCUT2D eigenvalue weighted by atomic mass is 10.4. The number of hydrogen-bond acceptors (Lipinski definition) is 3. The minimum Gasteiger partial charge on any atom is -0.323 e. The molecule has 1 saturated carbocycles. The number of aromatic nitrogens is 3. The molecule has 0 bridgehead atoms. The van der Waals surface area contributed by atoms with E-state index in [0.29, 0.717) is 5.69 Å². The smallest absolute Gasteiger partial charge is 0.227 e. The fraction of sp³-hybridized carbons (Fsp3) is 0.300. The summed E-state index contributed by atoms with van der Waals surface area (Å²) in [7, 11) is 0. The van der Waals surface area contributed by atoms with Gasteiger partial charge in [0.1, 0.15) is 0 Å². The molecule has 1 fully saturated rings. The van der Waals surface area contributed by atoms with Crippen LogP contribution in [0.3, 0.4) is 0 Å². The van der Waals surface area contributed by atoms with Crippen LogP contribution in [0.2, 0.25) is 0 Å². The van der Waals surface area contributed by atoms with E-state index >= 15 is 0 Å². The number of anilines is 1. The Bertz CT molecular complexity index is 515. The van der Waals surface area contributed by atoms with E-state index in [0.717, 1.165) is 18.5 Å². The van der Waals surface area contributed by atoms with E-state index in [1.807, 2.05) is 6.07 Å². The summed E-state index contributed by atoms with van der Waals surface area (Å²) in [6.07, 6.45) is 7.10. The molecule has 0 unspecified atom stereocenters. The Kier molecular flexibility index (Phi) is 1.71. The Morgan fingerprint density at radius 2 is 2.40 bits per heavy atom. The van der Waals surface area contributed by atoms with Gasteiger partial charge in [-0.05, 0) is 12.8 Å². The molecule has 5 nitrogen and oxygen atoms in total. The predicted molar refractivity (Wildman–Crippen MR) is 54.3 cm³/mol. The van der Waals surface area contributed by atoms with Crippen LogP contribution in [0, 0.1) is 5.92 Å². The largest absolute Gasteiger partial charge is 0.323 e. The van der Waals surface area contributed by atoms with Crippen LogP contribution in [-0.2, 0) is 4.79 Å². The summed E-state index contributed by atoms with van der Waals surface area (Å²) in [5, 5.41) is 6.87. The van der Waals surface area contributed by atoms with Crippen molar-refractivity contribution in [1.82, 2.24) is 14.6 Å². The molecule has 0 aromatic carbocycles. The van der Waals surface area contributed by atoms with E-state index in [4.69, 9.17) is 0 Å². The molecule has 1 aliphatic carbocycles. The van der Waals surface area contributed by atoms with Gasteiger partial charge in [0, 0.05) is 12.0 Å². The number of amides is 1. The zero-order chi connectivity index (χ0) is 10.3. The van der Waals surface area contributed by atoms with Crippen molar-refractivity contribution < 1.29 is 4.79 Å². The Balaban J connectivity index is 1.86. The summed E-state index contributed by atoms with van der Waals surface area (Å²) >= 11 is 0. The van der Waals surface area contributed by atoms with Crippen LogP contribution >= 0.6 is 0 Å². The first-order chi connectivity index (χ1) is 7.33. The summed E-state index contributed by atoms with van der Waals surface area (Å²) < 4.78 is 1.64. The van der Waals surface area contributed by atoms with Crippen LogP contribution in [0.1, 0.15) is 12.8 Å². The van der Waals surface area contributed by atoms with Gasteiger partial charge in [-0.2, -0.15) is 5.10 Å². The lowest BCUT2D eigenvalue weighted by molar-refractivity contribution is -0.117. The van der Waals surface area contributed by atoms with Gasteiger partial charge in [0.2, 0.25) is 5.91 Å². The van der Waals surface area contributed by atoms with E-state index in [-0.39, 0.29) is 11.8 Å². The molecule has 0 aliphatic heterocycles. The molecule has 2 heterocycles. The molecular weight excluding hydrogens is 192 g/mol. The summed E-state index contributed by atoms with van der Waals surface area (Å²) in [5.41, 5.74) is 1.47. The summed E-state index contributed by atoms with van der Waals surface area (Å²) in [6.45, 7) is 0. The number of rotatable bonds is 2. The molecular formula is C10H10N4O. The number of carbonyl (C=O) groups is 1. The molecule has 3 rings (SSSR count). The third-order valence-corrected chi connectivity index (χ3v) is 2.46. The molecule has 1 N–H and O–H groups in total. The van der Waals surface area contributed by atoms with Crippen molar-refractivity contribution in [3.8, 4) is 0 Å². The third-order valence-electron chi connectivity index (χ3n) is 2.46. The minimum atomic E-state index is 0.0864. The fourth-order valence-corrected chi connectivity index (χ4v) is 1.46. The first-order valence-electron chi connectivity index (χ1n) is 4.93. The molecule has 15 heavy (non-hydrogen) atoms. The zero-order valence-corrected chi connectivity index (χ0v) is 8.05. The highest BCUT2D eigenvalue weighted by atomic mass is 16.2. The van der Waals surface area contributed by atoms with Crippen molar-refractivity contribution in [2.45, 2.75) is 12.8 Å². The van der Waals surface area contributed by atoms with E-state index < -0.39 is 0 Å². The van der Waals surface area contributed by atoms with E-state index in [1.54, 1.807) is 23.1 Å². The summed E-state index contributed by atoms with van der Waals surface area (Å²) in [6, 6.07) is 1.81. The Morgan fingerprint density at radius 3 is 3.20 bits per heavy atom. The third kappa shape index (κ3) is 1.56. The maximum absolute atomic E-state index is 11.5. The van der Waals surface area contributed by atoms with Crippen molar-refractivity contribution in [3.05, 3.63) is 24.7 Å². The Morgan fingerprint density at radius 1 is 1.53 bits per heavy atom. The molecule has 0 saturated heterocycles. The van der Waals surface area contributed by atoms with Crippen LogP contribution in [0.5, 0.6) is 0 Å². The van der Waals surface area contributed by atoms with E-state index in [9.17, 15) is 4.79 Å². The van der Waals surface area contributed by atoms with Gasteiger partial charge in [-0.25, -0.2) is 9.50 Å². The van der Waals surface area contributed by atoms with Gasteiger partial charge in [0.25, 0.3) is 0 Å². The topological polar surface area (TPSA) is 59.3 Å². The van der Waals surface area contributed by atoms with Gasteiger partial charge in [0.15, 0.2) is 5.65 Å². The van der Waals surface area contributed by atoms with Crippen LogP contribution in [-0.4, -0.2) is 20.5 Å². The van der Waals surface area contributed by atoms with Crippen LogP contribution in [0.25, 0.3) is 5.65 Å². The van der Waals surface area contributed by atoms with Gasteiger partial charge < -0.3 is 5.32 Å². The van der Waals surface area contributed by atoms with Crippen LogP contribution in [0.15, 0.2) is 24.7 Å². The second-order valence-corrected chi connectivity index (χ2v) is 3.74. The number of fused-ring (bicyclic) bond motifs is 1. The standard InChI is InChI=1S/C10H10N4O/c15-10(7-1-2-7)13-8-5-11-9-3-4-12-14(9)6-8/h3-7H,1-2H2,(H,13,15). The normalized spacial score (nSPS) is 15.5. The lowest BCUT2D eigenvalue weighted by Gasteiger charge is -2.03. The van der Waals surface area contributed by atoms with E-state index in [1.165, 1.54) is 0 Å². The van der Waals surface area contributed by atoms with Crippen molar-refractivity contribution in [3.63, 3.8) is 0 Å². The molecule has 0 spiro atoms. The minimum absolute atomic E-state index is 0.0864. The Hall–Kier alpha value is -1.91. The van der Waals surface area contributed by atoms with Gasteiger partial charge in [-0.1, -0.05) is 0 Å². The highest BCUT2D eigenvalue weighted by Crippen LogP contribution is 2.29. The zero-order valence-electron chi connectivity index (χ0n) is 8.05. The van der Waals surface area contributed by atoms with Gasteiger partial charge >= 0.3 is 0 Å². The molecule has 76 valence electrons. The predicted octanol–water partition coefficient (Wildman–Crippen LogP) is 1.08. The van der Waals surface area contributed by atoms with Crippen molar-refractivity contribution in [2.24, 2.45) is 5.92 Å². The summed E-state index contributed by atoms with van der Waals surface area (Å²) in [5.74, 6) is 0.293. The lowest BCUT2D eigenvalue weighted by Crippen LogP contribution is -2.14. The van der Waals surface area contributed by atoms with Crippen molar-refractivity contribution in [1.29, 1.82) is 0 Å². The van der Waals surface area contributed by atoms with Gasteiger partial charge in [0.05, 0.1) is 24.3 Å². The maximum atomic E-state index is 11.5. The second-order valence-electron chi connectivity index (χ2n) is 3.74. The van der Waals surface area contributed by atoms with Gasteiger partial charge in [-0.3, -0.25) is 4.79 Å². The molecule has 2 aromatic rings. The highest BCUT2D eigenvalue weighted by molar-refractivity contribution is 5.93. The molecule has 5 heteroatoms. The van der Waals surface area contributed by atoms with Crippen LogP contribution in [0.4, 0.5) is 5.69 Å². The van der Waals surface area contributed by atoms with Crippen molar-refractivity contribution >= 4 is 17.2 Å². The first kappa shape index (κ1) is 8.40. The van der Waals surface area contributed by atoms with Crippen molar-refractivity contribution in [2.75, 3.05) is 5.32 Å². The SMILES string of the molecule is O=C(Nc1cnc2ccnn2c1)C1CC1. The molecule has 0 atom stereocenters. The number of nitrogens with zero attached hydrogens (tertiary/aromatic N) is 3. The van der Waals surface area contributed by atoms with E-state index in [2.05, 4.69) is 15.4 Å². The average Bonchev–Trinajstić information content (AvgIpc) is 2.98. The highest BCUT2D eigenvalue weighted by Gasteiger charge is 2.29. The number of nitrogens with one attached hydrogen (secondary N) is 1. The maximum Gasteiger partial charge on any atom is 0.227 e. The van der Waals surface area contributed by atoms with Crippen LogP contribution < -0.4 is 5.32 Å². The molecule has 1 amide bonds. The quantitative estimate of drug-likeness (QED) is 0.792. The monoisotopic (exact) mass is 202 g/mol. The molecule has 1 aliphatic rings. The first-order valence-corrected chi connectivity index (χ1v) is 4.93. The number of hydrogen-bond donors (Lipinski definition) is 1. The average molecular weight is 202 g/mol. The molecule has 0 radical (unpaired) electrons.